The molecule has 0 aliphatic carbocycles. The highest BCUT2D eigenvalue weighted by Crippen LogP contribution is 2.18. The van der Waals surface area contributed by atoms with Crippen molar-refractivity contribution in [2.75, 3.05) is 11.3 Å². The molecule has 0 fully saturated rings. The Kier molecular flexibility index (Phi) is 3.74. The van der Waals surface area contributed by atoms with Gasteiger partial charge in [-0.3, -0.25) is 5.10 Å². The third-order valence-corrected chi connectivity index (χ3v) is 3.55. The molecule has 0 aliphatic heterocycles. The van der Waals surface area contributed by atoms with Crippen LogP contribution < -0.4 is 4.72 Å². The van der Waals surface area contributed by atoms with Crippen molar-refractivity contribution in [3.63, 3.8) is 0 Å². The lowest BCUT2D eigenvalue weighted by Crippen LogP contribution is -2.17. The number of carbonyl (C=O) groups is 1. The molecule has 0 aliphatic rings. The number of ether oxygens (including phenoxy) is 1. The van der Waals surface area contributed by atoms with Gasteiger partial charge in [-0.2, -0.15) is 13.5 Å². The minimum Gasteiger partial charge on any atom is -0.462 e. The fraction of sp³-hybridized carbons (Fsp3) is 0.300. The van der Waals surface area contributed by atoms with Crippen molar-refractivity contribution in [1.29, 1.82) is 0 Å². The van der Waals surface area contributed by atoms with Gasteiger partial charge in [0, 0.05) is 6.07 Å². The van der Waals surface area contributed by atoms with Crippen molar-refractivity contribution >= 4 is 21.9 Å². The Morgan fingerprint density at radius 1 is 1.55 bits per heavy atom. The summed E-state index contributed by atoms with van der Waals surface area (Å²) in [5, 5.41) is 8.95. The maximum atomic E-state index is 12.1. The van der Waals surface area contributed by atoms with Crippen molar-refractivity contribution in [2.45, 2.75) is 18.9 Å². The number of nitrogens with zero attached hydrogens (tertiary/aromatic N) is 2. The van der Waals surface area contributed by atoms with Gasteiger partial charge < -0.3 is 9.26 Å². The molecule has 10 heteroatoms. The van der Waals surface area contributed by atoms with E-state index in [0.29, 0.717) is 5.69 Å². The third kappa shape index (κ3) is 2.79. The fourth-order valence-electron chi connectivity index (χ4n) is 1.43. The Hall–Kier alpha value is -2.36. The van der Waals surface area contributed by atoms with Gasteiger partial charge in [0.1, 0.15) is 5.56 Å². The van der Waals surface area contributed by atoms with Crippen LogP contribution in [0.25, 0.3) is 0 Å². The van der Waals surface area contributed by atoms with Crippen molar-refractivity contribution in [2.24, 2.45) is 0 Å². The van der Waals surface area contributed by atoms with E-state index in [2.05, 4.69) is 20.1 Å². The summed E-state index contributed by atoms with van der Waals surface area (Å²) in [6, 6.07) is 1.40. The number of carbonyl (C=O) groups excluding carboxylic acids is 1. The second-order valence-electron chi connectivity index (χ2n) is 3.77. The zero-order chi connectivity index (χ0) is 14.8. The first-order valence-electron chi connectivity index (χ1n) is 5.60. The second-order valence-corrected chi connectivity index (χ2v) is 5.39. The van der Waals surface area contributed by atoms with Crippen molar-refractivity contribution < 1.29 is 22.5 Å². The highest BCUT2D eigenvalue weighted by molar-refractivity contribution is 7.92. The smallest absolute Gasteiger partial charge is 0.342 e. The number of rotatable bonds is 5. The molecule has 0 radical (unpaired) electrons. The predicted molar refractivity (Wildman–Crippen MR) is 66.6 cm³/mol. The Morgan fingerprint density at radius 2 is 2.30 bits per heavy atom. The average Bonchev–Trinajstić information content (AvgIpc) is 2.98. The predicted octanol–water partition coefficient (Wildman–Crippen LogP) is 0.684. The molecule has 0 unspecified atom stereocenters. The summed E-state index contributed by atoms with van der Waals surface area (Å²) in [5.41, 5.74) is 0.327. The molecule has 0 bridgehead atoms. The fourth-order valence-corrected chi connectivity index (χ4v) is 2.49. The van der Waals surface area contributed by atoms with E-state index in [4.69, 9.17) is 9.26 Å². The van der Waals surface area contributed by atoms with Crippen LogP contribution in [0, 0.1) is 6.92 Å². The van der Waals surface area contributed by atoms with Crippen LogP contribution in [-0.2, 0) is 14.8 Å². The van der Waals surface area contributed by atoms with E-state index < -0.39 is 21.0 Å². The van der Waals surface area contributed by atoms with Crippen LogP contribution in [-0.4, -0.2) is 36.3 Å². The minimum absolute atomic E-state index is 0.0630. The van der Waals surface area contributed by atoms with Gasteiger partial charge in [-0.25, -0.2) is 9.52 Å². The first-order chi connectivity index (χ1) is 9.44. The number of hydrogen-bond acceptors (Lipinski definition) is 7. The molecule has 9 nitrogen and oxygen atoms in total. The topological polar surface area (TPSA) is 127 Å². The van der Waals surface area contributed by atoms with Crippen LogP contribution in [0.4, 0.5) is 5.88 Å². The number of H-pyrrole nitrogens is 1. The zero-order valence-corrected chi connectivity index (χ0v) is 11.5. The molecule has 0 aromatic carbocycles. The number of aromatic nitrogens is 3. The normalized spacial score (nSPS) is 11.3. The number of esters is 1. The number of anilines is 1. The summed E-state index contributed by atoms with van der Waals surface area (Å²) in [5.74, 6) is -0.845. The van der Waals surface area contributed by atoms with Crippen molar-refractivity contribution in [1.82, 2.24) is 15.4 Å². The molecule has 2 heterocycles. The van der Waals surface area contributed by atoms with Gasteiger partial charge in [-0.15, -0.1) is 0 Å². The zero-order valence-electron chi connectivity index (χ0n) is 10.7. The lowest BCUT2D eigenvalue weighted by molar-refractivity contribution is 0.0522. The van der Waals surface area contributed by atoms with E-state index in [9.17, 15) is 13.2 Å². The van der Waals surface area contributed by atoms with Crippen LogP contribution >= 0.6 is 0 Å². The maximum Gasteiger partial charge on any atom is 0.342 e. The van der Waals surface area contributed by atoms with Gasteiger partial charge in [0.05, 0.1) is 18.5 Å². The summed E-state index contributed by atoms with van der Waals surface area (Å²) in [6.45, 7) is 3.38. The van der Waals surface area contributed by atoms with Crippen LogP contribution in [0.3, 0.4) is 0 Å². The quantitative estimate of drug-likeness (QED) is 0.777. The van der Waals surface area contributed by atoms with Crippen molar-refractivity contribution in [3.05, 3.63) is 23.5 Å². The van der Waals surface area contributed by atoms with Crippen LogP contribution in [0.2, 0.25) is 0 Å². The molecule has 0 spiro atoms. The summed E-state index contributed by atoms with van der Waals surface area (Å²) in [6.07, 6.45) is 1.08. The summed E-state index contributed by atoms with van der Waals surface area (Å²) in [7, 11) is -4.05. The van der Waals surface area contributed by atoms with Crippen molar-refractivity contribution in [3.8, 4) is 0 Å². The van der Waals surface area contributed by atoms with Gasteiger partial charge >= 0.3 is 5.97 Å². The molecule has 0 amide bonds. The Morgan fingerprint density at radius 3 is 2.90 bits per heavy atom. The summed E-state index contributed by atoms with van der Waals surface area (Å²) >= 11 is 0. The van der Waals surface area contributed by atoms with E-state index >= 15 is 0 Å². The Balaban J connectivity index is 2.30. The lowest BCUT2D eigenvalue weighted by atomic mass is 10.4. The van der Waals surface area contributed by atoms with E-state index in [1.54, 1.807) is 13.8 Å². The lowest BCUT2D eigenvalue weighted by Gasteiger charge is -2.04. The standard InChI is InChI=1S/C10H12N4O5S/c1-3-18-10(15)7-5-11-12-9(7)20(16,17)14-8-4-6(2)13-19-8/h4-5,14H,3H2,1-2H3,(H,11,12). The van der Waals surface area contributed by atoms with E-state index in [1.807, 2.05) is 0 Å². The van der Waals surface area contributed by atoms with Gasteiger partial charge in [-0.05, 0) is 13.8 Å². The first-order valence-corrected chi connectivity index (χ1v) is 7.09. The Labute approximate surface area is 114 Å². The number of aryl methyl sites for hydroxylation is 1. The molecular weight excluding hydrogens is 288 g/mol. The molecule has 2 aromatic heterocycles. The third-order valence-electron chi connectivity index (χ3n) is 2.23. The molecule has 2 rings (SSSR count). The molecule has 2 aromatic rings. The SMILES string of the molecule is CCOC(=O)c1cn[nH]c1S(=O)(=O)Nc1cc(C)no1. The number of sulfonamides is 1. The minimum atomic E-state index is -4.05. The molecule has 20 heavy (non-hydrogen) atoms. The van der Waals surface area contributed by atoms with Gasteiger partial charge in [0.25, 0.3) is 10.0 Å². The molecule has 108 valence electrons. The highest BCUT2D eigenvalue weighted by atomic mass is 32.2. The second kappa shape index (κ2) is 5.33. The van der Waals surface area contributed by atoms with Crippen LogP contribution in [0.1, 0.15) is 23.0 Å². The maximum absolute atomic E-state index is 12.1. The number of hydrogen-bond donors (Lipinski definition) is 2. The first kappa shape index (κ1) is 14.1. The highest BCUT2D eigenvalue weighted by Gasteiger charge is 2.27. The molecule has 0 saturated heterocycles. The largest absolute Gasteiger partial charge is 0.462 e. The van der Waals surface area contributed by atoms with E-state index in [0.717, 1.165) is 6.20 Å². The molecule has 0 atom stereocenters. The molecule has 0 saturated carbocycles. The monoisotopic (exact) mass is 300 g/mol. The van der Waals surface area contributed by atoms with Gasteiger partial charge in [-0.1, -0.05) is 5.16 Å². The summed E-state index contributed by atoms with van der Waals surface area (Å²) in [4.78, 5) is 11.6. The molecule has 2 N–H and O–H groups in total. The molecular formula is C10H12N4O5S. The summed E-state index contributed by atoms with van der Waals surface area (Å²) < 4.78 is 35.9. The van der Waals surface area contributed by atoms with E-state index in [-0.39, 0.29) is 18.1 Å². The van der Waals surface area contributed by atoms with Gasteiger partial charge in [0.15, 0.2) is 5.03 Å². The van der Waals surface area contributed by atoms with Crippen LogP contribution in [0.5, 0.6) is 0 Å². The van der Waals surface area contributed by atoms with Crippen LogP contribution in [0.15, 0.2) is 21.8 Å². The number of nitrogens with one attached hydrogen (secondary N) is 2. The average molecular weight is 300 g/mol. The van der Waals surface area contributed by atoms with E-state index in [1.165, 1.54) is 6.07 Å². The van der Waals surface area contributed by atoms with Gasteiger partial charge in [0.2, 0.25) is 5.88 Å². The Bertz CT molecular complexity index is 718. The number of aromatic amines is 1.